The summed E-state index contributed by atoms with van der Waals surface area (Å²) in [7, 11) is -1.79. The van der Waals surface area contributed by atoms with Crippen molar-refractivity contribution >= 4 is 27.3 Å². The number of rotatable bonds is 5. The predicted molar refractivity (Wildman–Crippen MR) is 104 cm³/mol. The first kappa shape index (κ1) is 19.1. The molecular formula is C19H24N2O3S2. The second-order valence-corrected chi connectivity index (χ2v) is 9.62. The Kier molecular flexibility index (Phi) is 5.79. The molecule has 0 N–H and O–H groups in total. The van der Waals surface area contributed by atoms with Crippen LogP contribution in [0.1, 0.15) is 40.1 Å². The first-order valence-electron chi connectivity index (χ1n) is 8.78. The van der Waals surface area contributed by atoms with Gasteiger partial charge in [0.05, 0.1) is 11.4 Å². The summed E-state index contributed by atoms with van der Waals surface area (Å²) < 4.78 is 27.2. The number of amides is 1. The minimum Gasteiger partial charge on any atom is -0.337 e. The highest BCUT2D eigenvalue weighted by molar-refractivity contribution is 7.89. The molecule has 2 aromatic rings. The van der Waals surface area contributed by atoms with Gasteiger partial charge in [-0.15, -0.1) is 11.3 Å². The Labute approximate surface area is 159 Å². The quantitative estimate of drug-likeness (QED) is 0.782. The standard InChI is InChI=1S/C19H24N2O3S2/c1-15-9-12-25-18(15)14-20(2)19(22)16-7-6-8-17(13-16)26(23,24)21-10-4-3-5-11-21/h6-9,12-13H,3-5,10-11,14H2,1-2H3. The van der Waals surface area contributed by atoms with Crippen LogP contribution in [0, 0.1) is 6.92 Å². The molecule has 0 spiro atoms. The number of hydrogen-bond donors (Lipinski definition) is 0. The summed E-state index contributed by atoms with van der Waals surface area (Å²) in [6, 6.07) is 8.43. The molecule has 1 aromatic heterocycles. The van der Waals surface area contributed by atoms with Crippen molar-refractivity contribution in [3.05, 3.63) is 51.7 Å². The van der Waals surface area contributed by atoms with E-state index in [0.29, 0.717) is 25.2 Å². The molecule has 1 saturated heterocycles. The number of nitrogens with zero attached hydrogens (tertiary/aromatic N) is 2. The summed E-state index contributed by atoms with van der Waals surface area (Å²) >= 11 is 1.62. The molecule has 140 valence electrons. The number of carbonyl (C=O) groups excluding carboxylic acids is 1. The number of hydrogen-bond acceptors (Lipinski definition) is 4. The highest BCUT2D eigenvalue weighted by atomic mass is 32.2. The van der Waals surface area contributed by atoms with Crippen LogP contribution in [0.25, 0.3) is 0 Å². The van der Waals surface area contributed by atoms with Gasteiger partial charge in [0.25, 0.3) is 5.91 Å². The molecule has 1 aromatic carbocycles. The molecule has 3 rings (SSSR count). The molecule has 1 aliphatic rings. The lowest BCUT2D eigenvalue weighted by molar-refractivity contribution is 0.0786. The predicted octanol–water partition coefficient (Wildman–Crippen LogP) is 3.50. The molecule has 2 heterocycles. The first-order chi connectivity index (χ1) is 12.4. The Morgan fingerprint density at radius 1 is 1.19 bits per heavy atom. The van der Waals surface area contributed by atoms with Gasteiger partial charge in [-0.05, 0) is 55.0 Å². The summed E-state index contributed by atoms with van der Waals surface area (Å²) in [5.41, 5.74) is 1.57. The topological polar surface area (TPSA) is 57.7 Å². The normalized spacial score (nSPS) is 15.8. The fraction of sp³-hybridized carbons (Fsp3) is 0.421. The van der Waals surface area contributed by atoms with Crippen LogP contribution in [-0.4, -0.2) is 43.7 Å². The molecular weight excluding hydrogens is 368 g/mol. The fourth-order valence-corrected chi connectivity index (χ4v) is 5.64. The summed E-state index contributed by atoms with van der Waals surface area (Å²) in [4.78, 5) is 15.7. The lowest BCUT2D eigenvalue weighted by Gasteiger charge is -2.26. The van der Waals surface area contributed by atoms with E-state index in [4.69, 9.17) is 0 Å². The van der Waals surface area contributed by atoms with Gasteiger partial charge in [-0.2, -0.15) is 4.31 Å². The van der Waals surface area contributed by atoms with Crippen molar-refractivity contribution in [2.45, 2.75) is 37.6 Å². The van der Waals surface area contributed by atoms with Crippen LogP contribution >= 0.6 is 11.3 Å². The van der Waals surface area contributed by atoms with Crippen LogP contribution in [0.4, 0.5) is 0 Å². The van der Waals surface area contributed by atoms with Crippen LogP contribution in [-0.2, 0) is 16.6 Å². The Hall–Kier alpha value is -1.70. The zero-order valence-corrected chi connectivity index (χ0v) is 16.8. The molecule has 0 radical (unpaired) electrons. The highest BCUT2D eigenvalue weighted by Crippen LogP contribution is 2.23. The molecule has 1 amide bonds. The molecule has 0 bridgehead atoms. The summed E-state index contributed by atoms with van der Waals surface area (Å²) in [5.74, 6) is -0.173. The molecule has 26 heavy (non-hydrogen) atoms. The van der Waals surface area contributed by atoms with Crippen LogP contribution in [0.5, 0.6) is 0 Å². The van der Waals surface area contributed by atoms with E-state index in [1.54, 1.807) is 41.5 Å². The van der Waals surface area contributed by atoms with Gasteiger partial charge in [0.1, 0.15) is 0 Å². The van der Waals surface area contributed by atoms with Crippen molar-refractivity contribution in [2.24, 2.45) is 0 Å². The average molecular weight is 393 g/mol. The van der Waals surface area contributed by atoms with Crippen molar-refractivity contribution in [3.8, 4) is 0 Å². The Morgan fingerprint density at radius 2 is 1.92 bits per heavy atom. The third-order valence-electron chi connectivity index (χ3n) is 4.73. The van der Waals surface area contributed by atoms with Gasteiger partial charge >= 0.3 is 0 Å². The monoisotopic (exact) mass is 392 g/mol. The van der Waals surface area contributed by atoms with Gasteiger partial charge < -0.3 is 4.90 Å². The molecule has 1 fully saturated rings. The van der Waals surface area contributed by atoms with Gasteiger partial charge in [0, 0.05) is 30.6 Å². The maximum absolute atomic E-state index is 12.8. The maximum Gasteiger partial charge on any atom is 0.253 e. The van der Waals surface area contributed by atoms with Crippen molar-refractivity contribution < 1.29 is 13.2 Å². The molecule has 0 saturated carbocycles. The highest BCUT2D eigenvalue weighted by Gasteiger charge is 2.26. The van der Waals surface area contributed by atoms with E-state index in [1.165, 1.54) is 10.4 Å². The second-order valence-electron chi connectivity index (χ2n) is 6.68. The fourth-order valence-electron chi connectivity index (χ4n) is 3.12. The van der Waals surface area contributed by atoms with Crippen molar-refractivity contribution in [2.75, 3.05) is 20.1 Å². The van der Waals surface area contributed by atoms with Crippen LogP contribution in [0.2, 0.25) is 0 Å². The van der Waals surface area contributed by atoms with Crippen molar-refractivity contribution in [1.82, 2.24) is 9.21 Å². The van der Waals surface area contributed by atoms with E-state index in [0.717, 1.165) is 29.7 Å². The number of piperidine rings is 1. The van der Waals surface area contributed by atoms with Gasteiger partial charge in [-0.3, -0.25) is 4.79 Å². The van der Waals surface area contributed by atoms with E-state index >= 15 is 0 Å². The minimum atomic E-state index is -3.54. The van der Waals surface area contributed by atoms with E-state index in [1.807, 2.05) is 18.4 Å². The van der Waals surface area contributed by atoms with E-state index in [9.17, 15) is 13.2 Å². The SMILES string of the molecule is Cc1ccsc1CN(C)C(=O)c1cccc(S(=O)(=O)N2CCCCC2)c1. The number of sulfonamides is 1. The Morgan fingerprint density at radius 3 is 2.58 bits per heavy atom. The third-order valence-corrected chi connectivity index (χ3v) is 7.63. The van der Waals surface area contributed by atoms with E-state index in [-0.39, 0.29) is 10.8 Å². The van der Waals surface area contributed by atoms with Gasteiger partial charge in [-0.1, -0.05) is 12.5 Å². The molecule has 0 atom stereocenters. The zero-order chi connectivity index (χ0) is 18.7. The minimum absolute atomic E-state index is 0.173. The summed E-state index contributed by atoms with van der Waals surface area (Å²) in [6.45, 7) is 3.65. The zero-order valence-electron chi connectivity index (χ0n) is 15.1. The third kappa shape index (κ3) is 4.00. The summed E-state index contributed by atoms with van der Waals surface area (Å²) in [6.07, 6.45) is 2.85. The van der Waals surface area contributed by atoms with Crippen LogP contribution in [0.3, 0.4) is 0 Å². The number of thiophene rings is 1. The lowest BCUT2D eigenvalue weighted by atomic mass is 10.2. The van der Waals surface area contributed by atoms with Crippen LogP contribution in [0.15, 0.2) is 40.6 Å². The lowest BCUT2D eigenvalue weighted by Crippen LogP contribution is -2.35. The largest absolute Gasteiger partial charge is 0.337 e. The van der Waals surface area contributed by atoms with E-state index < -0.39 is 10.0 Å². The molecule has 0 unspecified atom stereocenters. The molecule has 1 aliphatic heterocycles. The Bertz CT molecular complexity index is 884. The van der Waals surface area contributed by atoms with Crippen molar-refractivity contribution in [1.29, 1.82) is 0 Å². The number of benzene rings is 1. The average Bonchev–Trinajstić information content (AvgIpc) is 3.06. The first-order valence-corrected chi connectivity index (χ1v) is 11.1. The Balaban J connectivity index is 1.80. The number of carbonyl (C=O) groups is 1. The summed E-state index contributed by atoms with van der Waals surface area (Å²) in [5, 5.41) is 2.01. The van der Waals surface area contributed by atoms with Gasteiger partial charge in [-0.25, -0.2) is 8.42 Å². The van der Waals surface area contributed by atoms with Crippen LogP contribution < -0.4 is 0 Å². The second kappa shape index (κ2) is 7.90. The molecule has 0 aliphatic carbocycles. The number of aryl methyl sites for hydroxylation is 1. The van der Waals surface area contributed by atoms with Gasteiger partial charge in [0.2, 0.25) is 10.0 Å². The smallest absolute Gasteiger partial charge is 0.253 e. The maximum atomic E-state index is 12.8. The molecule has 7 heteroatoms. The molecule has 5 nitrogen and oxygen atoms in total. The van der Waals surface area contributed by atoms with Gasteiger partial charge in [0.15, 0.2) is 0 Å². The van der Waals surface area contributed by atoms with Crippen molar-refractivity contribution in [3.63, 3.8) is 0 Å². The van der Waals surface area contributed by atoms with E-state index in [2.05, 4.69) is 0 Å².